The first kappa shape index (κ1) is 12.7. The number of nitrogens with zero attached hydrogens (tertiary/aromatic N) is 2. The number of rotatable bonds is 0. The Morgan fingerprint density at radius 1 is 1.12 bits per heavy atom. The van der Waals surface area contributed by atoms with E-state index in [-0.39, 0.29) is 11.2 Å². The summed E-state index contributed by atoms with van der Waals surface area (Å²) in [5, 5.41) is 2.55. The van der Waals surface area contributed by atoms with Crippen LogP contribution in [0.1, 0.15) is 19.4 Å². The zero-order valence-electron chi connectivity index (χ0n) is 10.2. The van der Waals surface area contributed by atoms with Gasteiger partial charge in [-0.3, -0.25) is 13.9 Å². The van der Waals surface area contributed by atoms with Gasteiger partial charge < -0.3 is 0 Å². The maximum absolute atomic E-state index is 11.7. The minimum absolute atomic E-state index is 0.207. The molecule has 2 aromatic heterocycles. The summed E-state index contributed by atoms with van der Waals surface area (Å²) in [7, 11) is 3.18. The smallest absolute Gasteiger partial charge is 0.287 e. The van der Waals surface area contributed by atoms with Crippen molar-refractivity contribution in [2.45, 2.75) is 20.8 Å². The fourth-order valence-electron chi connectivity index (χ4n) is 1.50. The highest BCUT2D eigenvalue weighted by Gasteiger charge is 2.11. The molecule has 0 aliphatic carbocycles. The van der Waals surface area contributed by atoms with Crippen molar-refractivity contribution in [3.8, 4) is 0 Å². The van der Waals surface area contributed by atoms with Crippen LogP contribution in [0.15, 0.2) is 15.0 Å². The van der Waals surface area contributed by atoms with E-state index in [0.717, 1.165) is 15.0 Å². The molecule has 0 saturated carbocycles. The second-order valence-electron chi connectivity index (χ2n) is 3.30. The molecule has 0 fully saturated rings. The first-order chi connectivity index (χ1) is 7.54. The van der Waals surface area contributed by atoms with Gasteiger partial charge in [-0.25, -0.2) is 4.79 Å². The summed E-state index contributed by atoms with van der Waals surface area (Å²) in [4.78, 5) is 24.0. The monoisotopic (exact) mass is 240 g/mol. The van der Waals surface area contributed by atoms with E-state index in [1.807, 2.05) is 26.2 Å². The average Bonchev–Trinajstić information content (AvgIpc) is 2.68. The molecule has 0 aliphatic rings. The van der Waals surface area contributed by atoms with Crippen molar-refractivity contribution in [3.63, 3.8) is 0 Å². The van der Waals surface area contributed by atoms with Gasteiger partial charge in [-0.05, 0) is 17.9 Å². The van der Waals surface area contributed by atoms with Crippen LogP contribution in [-0.4, -0.2) is 9.13 Å². The Morgan fingerprint density at radius 3 is 2.25 bits per heavy atom. The summed E-state index contributed by atoms with van der Waals surface area (Å²) >= 11 is 1.43. The normalized spacial score (nSPS) is 10.1. The van der Waals surface area contributed by atoms with Gasteiger partial charge in [-0.15, -0.1) is 11.3 Å². The molecule has 0 bridgehead atoms. The molecule has 0 aliphatic heterocycles. The molecule has 88 valence electrons. The average molecular weight is 240 g/mol. The summed E-state index contributed by atoms with van der Waals surface area (Å²) in [5.41, 5.74) is 0.451. The molecule has 0 N–H and O–H groups in total. The van der Waals surface area contributed by atoms with Gasteiger partial charge in [0.05, 0.1) is 5.39 Å². The van der Waals surface area contributed by atoms with Crippen molar-refractivity contribution >= 4 is 21.6 Å². The van der Waals surface area contributed by atoms with Crippen LogP contribution in [0.3, 0.4) is 0 Å². The van der Waals surface area contributed by atoms with Gasteiger partial charge in [-0.1, -0.05) is 13.8 Å². The molecular weight excluding hydrogens is 224 g/mol. The van der Waals surface area contributed by atoms with Gasteiger partial charge in [0.1, 0.15) is 4.83 Å². The Kier molecular flexibility index (Phi) is 3.70. The first-order valence-electron chi connectivity index (χ1n) is 5.18. The van der Waals surface area contributed by atoms with Crippen molar-refractivity contribution in [3.05, 3.63) is 31.8 Å². The second-order valence-corrected chi connectivity index (χ2v) is 4.16. The molecule has 2 heterocycles. The Bertz CT molecular complexity index is 619. The maximum Gasteiger partial charge on any atom is 0.331 e. The molecule has 16 heavy (non-hydrogen) atoms. The Labute approximate surface area is 97.8 Å². The van der Waals surface area contributed by atoms with Gasteiger partial charge in [0.2, 0.25) is 0 Å². The summed E-state index contributed by atoms with van der Waals surface area (Å²) in [6.07, 6.45) is 0. The lowest BCUT2D eigenvalue weighted by molar-refractivity contribution is 0.717. The van der Waals surface area contributed by atoms with Crippen molar-refractivity contribution in [1.29, 1.82) is 0 Å². The molecule has 0 radical (unpaired) electrons. The quantitative estimate of drug-likeness (QED) is 0.702. The first-order valence-corrected chi connectivity index (χ1v) is 6.06. The number of hydrogen-bond donors (Lipinski definition) is 0. The highest BCUT2D eigenvalue weighted by molar-refractivity contribution is 7.17. The van der Waals surface area contributed by atoms with Gasteiger partial charge in [0.15, 0.2) is 0 Å². The number of thiophene rings is 1. The predicted molar refractivity (Wildman–Crippen MR) is 68.4 cm³/mol. The SMILES string of the molecule is CC.Cc1csc2c1c(=O)n(C)c(=O)n2C. The van der Waals surface area contributed by atoms with Crippen molar-refractivity contribution in [2.75, 3.05) is 0 Å². The van der Waals surface area contributed by atoms with E-state index in [0.29, 0.717) is 5.39 Å². The maximum atomic E-state index is 11.7. The highest BCUT2D eigenvalue weighted by atomic mass is 32.1. The number of fused-ring (bicyclic) bond motifs is 1. The lowest BCUT2D eigenvalue weighted by Crippen LogP contribution is -2.36. The standard InChI is InChI=1S/C9H10N2O2S.C2H6/c1-5-4-14-8-6(5)7(12)10(2)9(13)11(8)3;1-2/h4H,1-3H3;1-2H3. The van der Waals surface area contributed by atoms with E-state index >= 15 is 0 Å². The molecule has 0 unspecified atom stereocenters. The Balaban J connectivity index is 0.000000606. The third-order valence-electron chi connectivity index (χ3n) is 2.35. The van der Waals surface area contributed by atoms with E-state index in [1.54, 1.807) is 7.05 Å². The van der Waals surface area contributed by atoms with Crippen LogP contribution in [0.5, 0.6) is 0 Å². The number of aromatic nitrogens is 2. The largest absolute Gasteiger partial charge is 0.331 e. The predicted octanol–water partition coefficient (Wildman–Crippen LogP) is 1.63. The van der Waals surface area contributed by atoms with Crippen molar-refractivity contribution in [2.24, 2.45) is 14.1 Å². The lowest BCUT2D eigenvalue weighted by atomic mass is 10.3. The van der Waals surface area contributed by atoms with Crippen LogP contribution < -0.4 is 11.2 Å². The van der Waals surface area contributed by atoms with Crippen LogP contribution in [0, 0.1) is 6.92 Å². The summed E-state index contributed by atoms with van der Waals surface area (Å²) < 4.78 is 2.65. The number of hydrogen-bond acceptors (Lipinski definition) is 3. The van der Waals surface area contributed by atoms with Gasteiger partial charge in [-0.2, -0.15) is 0 Å². The third-order valence-corrected chi connectivity index (χ3v) is 3.53. The summed E-state index contributed by atoms with van der Waals surface area (Å²) in [6.45, 7) is 5.88. The van der Waals surface area contributed by atoms with E-state index in [9.17, 15) is 9.59 Å². The number of aryl methyl sites for hydroxylation is 2. The topological polar surface area (TPSA) is 44.0 Å². The fourth-order valence-corrected chi connectivity index (χ4v) is 2.51. The molecular formula is C11H16N2O2S. The van der Waals surface area contributed by atoms with Crippen LogP contribution in [0.25, 0.3) is 10.2 Å². The fraction of sp³-hybridized carbons (Fsp3) is 0.455. The van der Waals surface area contributed by atoms with Gasteiger partial charge >= 0.3 is 5.69 Å². The summed E-state index contributed by atoms with van der Waals surface area (Å²) in [6, 6.07) is 0. The molecule has 5 heteroatoms. The second kappa shape index (κ2) is 4.65. The minimum Gasteiger partial charge on any atom is -0.287 e. The third kappa shape index (κ3) is 1.71. The van der Waals surface area contributed by atoms with Gasteiger partial charge in [0, 0.05) is 14.1 Å². The molecule has 0 amide bonds. The minimum atomic E-state index is -0.274. The van der Waals surface area contributed by atoms with Crippen LogP contribution in [0.2, 0.25) is 0 Å². The zero-order valence-corrected chi connectivity index (χ0v) is 11.0. The van der Waals surface area contributed by atoms with Crippen LogP contribution in [-0.2, 0) is 14.1 Å². The molecule has 0 atom stereocenters. The Morgan fingerprint density at radius 2 is 1.69 bits per heavy atom. The van der Waals surface area contributed by atoms with Crippen molar-refractivity contribution < 1.29 is 0 Å². The van der Waals surface area contributed by atoms with E-state index in [2.05, 4.69) is 0 Å². The Hall–Kier alpha value is -1.36. The van der Waals surface area contributed by atoms with Crippen LogP contribution in [0.4, 0.5) is 0 Å². The van der Waals surface area contributed by atoms with Crippen LogP contribution >= 0.6 is 11.3 Å². The van der Waals surface area contributed by atoms with E-state index in [1.165, 1.54) is 23.0 Å². The molecule has 0 spiro atoms. The molecule has 0 aromatic carbocycles. The molecule has 2 rings (SSSR count). The lowest BCUT2D eigenvalue weighted by Gasteiger charge is -2.02. The van der Waals surface area contributed by atoms with E-state index in [4.69, 9.17) is 0 Å². The van der Waals surface area contributed by atoms with E-state index < -0.39 is 0 Å². The molecule has 2 aromatic rings. The highest BCUT2D eigenvalue weighted by Crippen LogP contribution is 2.19. The zero-order chi connectivity index (χ0) is 12.5. The van der Waals surface area contributed by atoms with Crippen molar-refractivity contribution in [1.82, 2.24) is 9.13 Å². The summed E-state index contributed by atoms with van der Waals surface area (Å²) in [5.74, 6) is 0. The molecule has 0 saturated heterocycles. The van der Waals surface area contributed by atoms with Gasteiger partial charge in [0.25, 0.3) is 5.56 Å². The molecule has 4 nitrogen and oxygen atoms in total.